The van der Waals surface area contributed by atoms with Gasteiger partial charge in [-0.2, -0.15) is 8.42 Å². The normalized spacial score (nSPS) is 14.0. The van der Waals surface area contributed by atoms with Gasteiger partial charge in [-0.1, -0.05) is 34.9 Å². The highest BCUT2D eigenvalue weighted by Gasteiger charge is 2.18. The van der Waals surface area contributed by atoms with E-state index < -0.39 is 15.4 Å². The highest BCUT2D eigenvalue weighted by atomic mass is 32.2. The molecule has 71 valence electrons. The molecule has 1 aromatic rings. The fourth-order valence-corrected chi connectivity index (χ4v) is 1.44. The second-order valence-corrected chi connectivity index (χ2v) is 4.78. The maximum atomic E-state index is 10.6. The van der Waals surface area contributed by atoms with Gasteiger partial charge in [0.05, 0.1) is 5.25 Å². The summed E-state index contributed by atoms with van der Waals surface area (Å²) in [5.41, 5.74) is 0.870. The summed E-state index contributed by atoms with van der Waals surface area (Å²) in [6.07, 6.45) is 0.284. The van der Waals surface area contributed by atoms with Gasteiger partial charge in [0.1, 0.15) is 0 Å². The van der Waals surface area contributed by atoms with Crippen molar-refractivity contribution in [3.63, 3.8) is 0 Å². The molecule has 0 fully saturated rings. The third-order valence-corrected chi connectivity index (χ3v) is 3.01. The summed E-state index contributed by atoms with van der Waals surface area (Å²) in [6, 6.07) is 9.10. The second kappa shape index (κ2) is 3.89. The van der Waals surface area contributed by atoms with Crippen molar-refractivity contribution in [3.05, 3.63) is 35.9 Å². The van der Waals surface area contributed by atoms with Crippen molar-refractivity contribution in [2.45, 2.75) is 18.6 Å². The van der Waals surface area contributed by atoms with Gasteiger partial charge in [-0.15, -0.1) is 0 Å². The number of hydrogen-bond acceptors (Lipinski definition) is 2. The van der Waals surface area contributed by atoms with Crippen molar-refractivity contribution in [2.75, 3.05) is 0 Å². The predicted molar refractivity (Wildman–Crippen MR) is 49.2 cm³/mol. The first-order valence-electron chi connectivity index (χ1n) is 3.99. The van der Waals surface area contributed by atoms with E-state index in [1.165, 1.54) is 6.92 Å². The molecule has 3 nitrogen and oxygen atoms in total. The van der Waals surface area contributed by atoms with Crippen LogP contribution in [0.25, 0.3) is 0 Å². The Balaban J connectivity index is 2.72. The molecule has 0 aromatic heterocycles. The van der Waals surface area contributed by atoms with E-state index in [0.29, 0.717) is 0 Å². The standard InChI is InChI=1S/C9H11O3S/c1-8(13(10,11)12)7-9-5-3-2-4-6-9/h2-6,8H,7H2,1H3. The van der Waals surface area contributed by atoms with Gasteiger partial charge in [0.2, 0.25) is 0 Å². The predicted octanol–water partition coefficient (Wildman–Crippen LogP) is 1.38. The average molecular weight is 199 g/mol. The van der Waals surface area contributed by atoms with E-state index in [9.17, 15) is 13.0 Å². The fourth-order valence-electron chi connectivity index (χ4n) is 1.05. The van der Waals surface area contributed by atoms with Crippen molar-refractivity contribution in [3.8, 4) is 0 Å². The third kappa shape index (κ3) is 3.16. The lowest BCUT2D eigenvalue weighted by Crippen LogP contribution is -2.17. The number of hydrogen-bond donors (Lipinski definition) is 0. The zero-order valence-electron chi connectivity index (χ0n) is 7.30. The van der Waals surface area contributed by atoms with Crippen molar-refractivity contribution in [1.82, 2.24) is 0 Å². The molecular weight excluding hydrogens is 188 g/mol. The van der Waals surface area contributed by atoms with Gasteiger partial charge in [-0.25, -0.2) is 0 Å². The Bertz CT molecular complexity index is 356. The minimum atomic E-state index is -4.15. The van der Waals surface area contributed by atoms with E-state index in [-0.39, 0.29) is 6.42 Å². The summed E-state index contributed by atoms with van der Waals surface area (Å²) in [5.74, 6) is 0. The van der Waals surface area contributed by atoms with E-state index >= 15 is 0 Å². The van der Waals surface area contributed by atoms with Gasteiger partial charge in [0, 0.05) is 0 Å². The first-order chi connectivity index (χ1) is 6.00. The average Bonchev–Trinajstić information content (AvgIpc) is 2.04. The second-order valence-electron chi connectivity index (χ2n) is 2.99. The van der Waals surface area contributed by atoms with Gasteiger partial charge in [-0.3, -0.25) is 0 Å². The molecule has 1 aromatic carbocycles. The third-order valence-electron chi connectivity index (χ3n) is 1.86. The maximum absolute atomic E-state index is 10.6. The molecule has 0 N–H and O–H groups in total. The minimum Gasteiger partial charge on any atom is -0.197 e. The molecule has 1 unspecified atom stereocenters. The molecule has 0 amide bonds. The molecular formula is C9H11O3S. The van der Waals surface area contributed by atoms with Crippen LogP contribution in [0.2, 0.25) is 0 Å². The van der Waals surface area contributed by atoms with E-state index in [1.54, 1.807) is 0 Å². The van der Waals surface area contributed by atoms with Gasteiger partial charge >= 0.3 is 0 Å². The van der Waals surface area contributed by atoms with E-state index in [1.807, 2.05) is 30.3 Å². The van der Waals surface area contributed by atoms with Crippen molar-refractivity contribution < 1.29 is 13.0 Å². The van der Waals surface area contributed by atoms with Crippen LogP contribution >= 0.6 is 0 Å². The Hall–Kier alpha value is -0.870. The molecule has 13 heavy (non-hydrogen) atoms. The summed E-state index contributed by atoms with van der Waals surface area (Å²) < 4.78 is 31.7. The molecule has 0 saturated carbocycles. The Morgan fingerprint density at radius 2 is 1.77 bits per heavy atom. The minimum absolute atomic E-state index is 0.284. The molecule has 1 radical (unpaired) electrons. The Labute approximate surface area is 78.2 Å². The summed E-state index contributed by atoms with van der Waals surface area (Å²) >= 11 is 0. The summed E-state index contributed by atoms with van der Waals surface area (Å²) in [7, 11) is -4.15. The molecule has 0 spiro atoms. The molecule has 0 saturated heterocycles. The monoisotopic (exact) mass is 199 g/mol. The van der Waals surface area contributed by atoms with Crippen LogP contribution in [0.4, 0.5) is 0 Å². The van der Waals surface area contributed by atoms with Gasteiger partial charge in [-0.05, 0) is 18.9 Å². The first-order valence-corrected chi connectivity index (χ1v) is 5.46. The van der Waals surface area contributed by atoms with Gasteiger partial charge in [0.25, 0.3) is 10.1 Å². The maximum Gasteiger partial charge on any atom is 0.297 e. The molecule has 0 aliphatic rings. The lowest BCUT2D eigenvalue weighted by atomic mass is 10.1. The largest absolute Gasteiger partial charge is 0.297 e. The van der Waals surface area contributed by atoms with Crippen LogP contribution < -0.4 is 0 Å². The van der Waals surface area contributed by atoms with E-state index in [2.05, 4.69) is 0 Å². The van der Waals surface area contributed by atoms with Crippen molar-refractivity contribution in [1.29, 1.82) is 0 Å². The van der Waals surface area contributed by atoms with Crippen LogP contribution in [0.15, 0.2) is 30.3 Å². The molecule has 0 bridgehead atoms. The number of rotatable bonds is 3. The van der Waals surface area contributed by atoms with Crippen LogP contribution in [-0.4, -0.2) is 13.7 Å². The van der Waals surface area contributed by atoms with Gasteiger partial charge in [0.15, 0.2) is 0 Å². The smallest absolute Gasteiger partial charge is 0.197 e. The first kappa shape index (κ1) is 10.2. The summed E-state index contributed by atoms with van der Waals surface area (Å²) in [4.78, 5) is 0. The lowest BCUT2D eigenvalue weighted by molar-refractivity contribution is 0.403. The van der Waals surface area contributed by atoms with E-state index in [4.69, 9.17) is 0 Å². The molecule has 0 heterocycles. The van der Waals surface area contributed by atoms with Crippen LogP contribution in [-0.2, 0) is 21.1 Å². The number of benzene rings is 1. The Morgan fingerprint density at radius 3 is 2.23 bits per heavy atom. The van der Waals surface area contributed by atoms with Crippen molar-refractivity contribution >= 4 is 10.1 Å². The topological polar surface area (TPSA) is 54.0 Å². The molecule has 0 aliphatic carbocycles. The van der Waals surface area contributed by atoms with E-state index in [0.717, 1.165) is 5.56 Å². The molecule has 1 atom stereocenters. The summed E-state index contributed by atoms with van der Waals surface area (Å²) in [6.45, 7) is 1.43. The van der Waals surface area contributed by atoms with Crippen molar-refractivity contribution in [2.24, 2.45) is 0 Å². The molecule has 1 rings (SSSR count). The van der Waals surface area contributed by atoms with Crippen LogP contribution in [0.5, 0.6) is 0 Å². The van der Waals surface area contributed by atoms with Crippen LogP contribution in [0.3, 0.4) is 0 Å². The zero-order valence-corrected chi connectivity index (χ0v) is 8.12. The molecule has 0 aliphatic heterocycles. The van der Waals surface area contributed by atoms with Crippen LogP contribution in [0.1, 0.15) is 12.5 Å². The lowest BCUT2D eigenvalue weighted by Gasteiger charge is -2.05. The van der Waals surface area contributed by atoms with Gasteiger partial charge < -0.3 is 0 Å². The highest BCUT2D eigenvalue weighted by Crippen LogP contribution is 2.08. The Kier molecular flexibility index (Phi) is 3.06. The van der Waals surface area contributed by atoms with Crippen LogP contribution in [0, 0.1) is 0 Å². The Morgan fingerprint density at radius 1 is 1.23 bits per heavy atom. The fraction of sp³-hybridized carbons (Fsp3) is 0.333. The zero-order chi connectivity index (χ0) is 9.90. The summed E-state index contributed by atoms with van der Waals surface area (Å²) in [5, 5.41) is -0.852. The molecule has 4 heteroatoms. The SMILES string of the molecule is CC(Cc1ccccc1)S([O])(=O)=O. The highest BCUT2D eigenvalue weighted by molar-refractivity contribution is 7.86. The quantitative estimate of drug-likeness (QED) is 0.738.